The first-order chi connectivity index (χ1) is 14.0. The third-order valence-electron chi connectivity index (χ3n) is 4.09. The van der Waals surface area contributed by atoms with Gasteiger partial charge in [-0.15, -0.1) is 0 Å². The molecule has 0 saturated carbocycles. The molecule has 0 radical (unpaired) electrons. The minimum Gasteiger partial charge on any atom is -0.494 e. The second-order valence-electron chi connectivity index (χ2n) is 6.02. The van der Waals surface area contributed by atoms with Gasteiger partial charge < -0.3 is 14.8 Å². The van der Waals surface area contributed by atoms with E-state index in [0.29, 0.717) is 11.1 Å². The van der Waals surface area contributed by atoms with Crippen molar-refractivity contribution in [1.29, 1.82) is 0 Å². The SMILES string of the molecule is COc1cc([N+](=O)[O-])ccc1NC(=O)COC(=O)Cc1cccc2cccnc12. The number of rotatable bonds is 7. The molecule has 148 valence electrons. The van der Waals surface area contributed by atoms with E-state index in [0.717, 1.165) is 5.39 Å². The van der Waals surface area contributed by atoms with Crippen molar-refractivity contribution in [3.8, 4) is 5.75 Å². The van der Waals surface area contributed by atoms with Crippen molar-refractivity contribution in [3.63, 3.8) is 0 Å². The number of pyridine rings is 1. The van der Waals surface area contributed by atoms with E-state index in [-0.39, 0.29) is 23.5 Å². The Kier molecular flexibility index (Phi) is 5.98. The number of carbonyl (C=O) groups is 2. The minimum absolute atomic E-state index is 0.0253. The van der Waals surface area contributed by atoms with Crippen molar-refractivity contribution in [2.75, 3.05) is 19.0 Å². The number of aromatic nitrogens is 1. The molecule has 0 saturated heterocycles. The molecule has 29 heavy (non-hydrogen) atoms. The highest BCUT2D eigenvalue weighted by atomic mass is 16.6. The van der Waals surface area contributed by atoms with Crippen LogP contribution in [0.15, 0.2) is 54.7 Å². The van der Waals surface area contributed by atoms with Gasteiger partial charge in [-0.2, -0.15) is 0 Å². The number of nitrogens with zero attached hydrogens (tertiary/aromatic N) is 2. The van der Waals surface area contributed by atoms with Gasteiger partial charge in [-0.1, -0.05) is 24.3 Å². The molecule has 1 heterocycles. The quantitative estimate of drug-likeness (QED) is 0.371. The number of fused-ring (bicyclic) bond motifs is 1. The number of para-hydroxylation sites is 1. The first-order valence-electron chi connectivity index (χ1n) is 8.58. The maximum atomic E-state index is 12.1. The molecule has 0 aliphatic rings. The number of nitrogens with one attached hydrogen (secondary N) is 1. The fourth-order valence-electron chi connectivity index (χ4n) is 2.75. The maximum Gasteiger partial charge on any atom is 0.310 e. The Morgan fingerprint density at radius 1 is 1.17 bits per heavy atom. The van der Waals surface area contributed by atoms with Crippen LogP contribution >= 0.6 is 0 Å². The normalized spacial score (nSPS) is 10.4. The summed E-state index contributed by atoms with van der Waals surface area (Å²) in [7, 11) is 1.33. The largest absolute Gasteiger partial charge is 0.494 e. The van der Waals surface area contributed by atoms with Gasteiger partial charge in [-0.05, 0) is 17.7 Å². The molecule has 0 bridgehead atoms. The molecule has 9 nitrogen and oxygen atoms in total. The van der Waals surface area contributed by atoms with Crippen LogP contribution < -0.4 is 10.1 Å². The summed E-state index contributed by atoms with van der Waals surface area (Å²) in [6, 6.07) is 13.0. The van der Waals surface area contributed by atoms with Gasteiger partial charge in [0.15, 0.2) is 6.61 Å². The van der Waals surface area contributed by atoms with Gasteiger partial charge in [-0.25, -0.2) is 0 Å². The van der Waals surface area contributed by atoms with Crippen molar-refractivity contribution in [1.82, 2.24) is 4.98 Å². The lowest BCUT2D eigenvalue weighted by Gasteiger charge is -2.10. The molecule has 9 heteroatoms. The summed E-state index contributed by atoms with van der Waals surface area (Å²) < 4.78 is 10.1. The molecule has 1 amide bonds. The van der Waals surface area contributed by atoms with E-state index in [4.69, 9.17) is 9.47 Å². The van der Waals surface area contributed by atoms with Crippen molar-refractivity contribution in [2.24, 2.45) is 0 Å². The molecule has 0 fully saturated rings. The number of nitro groups is 1. The van der Waals surface area contributed by atoms with Gasteiger partial charge in [0.25, 0.3) is 11.6 Å². The van der Waals surface area contributed by atoms with E-state index in [1.54, 1.807) is 18.3 Å². The number of amides is 1. The molecule has 1 N–H and O–H groups in total. The molecule has 0 spiro atoms. The van der Waals surface area contributed by atoms with Crippen LogP contribution in [0, 0.1) is 10.1 Å². The third-order valence-corrected chi connectivity index (χ3v) is 4.09. The van der Waals surface area contributed by atoms with E-state index in [9.17, 15) is 19.7 Å². The average Bonchev–Trinajstić information content (AvgIpc) is 2.72. The number of esters is 1. The zero-order valence-corrected chi connectivity index (χ0v) is 15.5. The number of hydrogen-bond donors (Lipinski definition) is 1. The Hall–Kier alpha value is -4.01. The molecular formula is C20H17N3O6. The number of nitro benzene ring substituents is 1. The second-order valence-corrected chi connectivity index (χ2v) is 6.02. The number of ether oxygens (including phenoxy) is 2. The van der Waals surface area contributed by atoms with Gasteiger partial charge in [0.05, 0.1) is 35.7 Å². The monoisotopic (exact) mass is 395 g/mol. The van der Waals surface area contributed by atoms with Crippen molar-refractivity contribution >= 4 is 34.2 Å². The van der Waals surface area contributed by atoms with Crippen LogP contribution in [-0.4, -0.2) is 35.5 Å². The number of anilines is 1. The van der Waals surface area contributed by atoms with Crippen molar-refractivity contribution in [2.45, 2.75) is 6.42 Å². The Morgan fingerprint density at radius 2 is 1.97 bits per heavy atom. The van der Waals surface area contributed by atoms with E-state index < -0.39 is 23.4 Å². The number of hydrogen-bond acceptors (Lipinski definition) is 7. The fourth-order valence-corrected chi connectivity index (χ4v) is 2.75. The van der Waals surface area contributed by atoms with Crippen LogP contribution in [0.4, 0.5) is 11.4 Å². The summed E-state index contributed by atoms with van der Waals surface area (Å²) in [5, 5.41) is 14.2. The van der Waals surface area contributed by atoms with Gasteiger partial charge >= 0.3 is 5.97 Å². The summed E-state index contributed by atoms with van der Waals surface area (Å²) in [6.45, 7) is -0.503. The first-order valence-corrected chi connectivity index (χ1v) is 8.58. The van der Waals surface area contributed by atoms with Gasteiger partial charge in [0.2, 0.25) is 0 Å². The first kappa shape index (κ1) is 19.7. The maximum absolute atomic E-state index is 12.1. The van der Waals surface area contributed by atoms with Gasteiger partial charge in [-0.3, -0.25) is 24.7 Å². The molecule has 3 rings (SSSR count). The van der Waals surface area contributed by atoms with E-state index in [1.165, 1.54) is 25.3 Å². The number of non-ortho nitro benzene ring substituents is 1. The highest BCUT2D eigenvalue weighted by Crippen LogP contribution is 2.28. The Labute approximate surface area is 165 Å². The minimum atomic E-state index is -0.596. The lowest BCUT2D eigenvalue weighted by atomic mass is 10.1. The molecule has 0 atom stereocenters. The highest BCUT2D eigenvalue weighted by molar-refractivity contribution is 5.94. The standard InChI is InChI=1S/C20H17N3O6/c1-28-17-11-15(23(26)27)7-8-16(17)22-18(24)12-29-19(25)10-14-5-2-4-13-6-3-9-21-20(13)14/h2-9,11H,10,12H2,1H3,(H,22,24). The smallest absolute Gasteiger partial charge is 0.310 e. The zero-order valence-electron chi connectivity index (χ0n) is 15.5. The van der Waals surface area contributed by atoms with Crippen molar-refractivity contribution in [3.05, 3.63) is 70.4 Å². The predicted octanol–water partition coefficient (Wildman–Crippen LogP) is 2.88. The molecule has 0 aliphatic heterocycles. The summed E-state index contributed by atoms with van der Waals surface area (Å²) in [5.41, 5.74) is 1.46. The van der Waals surface area contributed by atoms with Crippen LogP contribution in [0.5, 0.6) is 5.75 Å². The lowest BCUT2D eigenvalue weighted by Crippen LogP contribution is -2.22. The molecule has 0 aliphatic carbocycles. The Morgan fingerprint density at radius 3 is 2.72 bits per heavy atom. The Bertz CT molecular complexity index is 1080. The van der Waals surface area contributed by atoms with Crippen LogP contribution in [0.3, 0.4) is 0 Å². The van der Waals surface area contributed by atoms with Crippen molar-refractivity contribution < 1.29 is 24.0 Å². The number of carbonyl (C=O) groups excluding carboxylic acids is 2. The van der Waals surface area contributed by atoms with Crippen LogP contribution in [0.1, 0.15) is 5.56 Å². The molecule has 2 aromatic carbocycles. The number of benzene rings is 2. The van der Waals surface area contributed by atoms with Crippen LogP contribution in [0.2, 0.25) is 0 Å². The van der Waals surface area contributed by atoms with Gasteiger partial charge in [0.1, 0.15) is 5.75 Å². The molecule has 0 unspecified atom stereocenters. The van der Waals surface area contributed by atoms with Crippen LogP contribution in [-0.2, 0) is 20.7 Å². The lowest BCUT2D eigenvalue weighted by molar-refractivity contribution is -0.384. The van der Waals surface area contributed by atoms with E-state index in [1.807, 2.05) is 18.2 Å². The van der Waals surface area contributed by atoms with E-state index in [2.05, 4.69) is 10.3 Å². The zero-order chi connectivity index (χ0) is 20.8. The summed E-state index contributed by atoms with van der Waals surface area (Å²) in [4.78, 5) is 38.7. The predicted molar refractivity (Wildman–Crippen MR) is 105 cm³/mol. The number of methoxy groups -OCH3 is 1. The summed E-state index contributed by atoms with van der Waals surface area (Å²) in [5.74, 6) is -1.05. The Balaban J connectivity index is 1.59. The second kappa shape index (κ2) is 8.79. The van der Waals surface area contributed by atoms with Crippen LogP contribution in [0.25, 0.3) is 10.9 Å². The third kappa shape index (κ3) is 4.83. The summed E-state index contributed by atoms with van der Waals surface area (Å²) in [6.07, 6.45) is 1.62. The molecule has 3 aromatic rings. The topological polar surface area (TPSA) is 121 Å². The molecule has 1 aromatic heterocycles. The summed E-state index contributed by atoms with van der Waals surface area (Å²) >= 11 is 0. The average molecular weight is 395 g/mol. The molecular weight excluding hydrogens is 378 g/mol. The fraction of sp³-hybridized carbons (Fsp3) is 0.150. The van der Waals surface area contributed by atoms with E-state index >= 15 is 0 Å². The highest BCUT2D eigenvalue weighted by Gasteiger charge is 2.15. The van der Waals surface area contributed by atoms with Gasteiger partial charge in [0, 0.05) is 17.6 Å².